The van der Waals surface area contributed by atoms with E-state index in [2.05, 4.69) is 34.9 Å². The summed E-state index contributed by atoms with van der Waals surface area (Å²) in [5.74, 6) is -0.300. The number of quaternary nitrogens is 1. The van der Waals surface area contributed by atoms with Crippen LogP contribution in [0.5, 0.6) is 0 Å². The molecule has 0 bridgehead atoms. The number of likely N-dealkylation sites (N-methyl/N-ethyl adjacent to an activating group) is 1. The van der Waals surface area contributed by atoms with E-state index in [4.69, 9.17) is 0 Å². The number of carbonyl (C=O) groups excluding carboxylic acids is 2. The Morgan fingerprint density at radius 3 is 1.90 bits per heavy atom. The molecule has 3 aromatic rings. The topological polar surface area (TPSA) is 66.0 Å². The minimum Gasteiger partial charge on any atom is -0.331 e. The second-order valence-corrected chi connectivity index (χ2v) is 7.89. The van der Waals surface area contributed by atoms with Crippen molar-refractivity contribution in [3.05, 3.63) is 102 Å². The molecule has 0 fully saturated rings. The molecule has 0 aromatic heterocycles. The van der Waals surface area contributed by atoms with Crippen LogP contribution in [0.2, 0.25) is 0 Å². The van der Waals surface area contributed by atoms with E-state index in [1.165, 1.54) is 4.90 Å². The molecule has 5 heteroatoms. The number of benzene rings is 3. The molecule has 31 heavy (non-hydrogen) atoms. The van der Waals surface area contributed by atoms with E-state index in [9.17, 15) is 9.59 Å². The number of hydrogen-bond acceptors (Lipinski definition) is 2. The summed E-state index contributed by atoms with van der Waals surface area (Å²) in [7, 11) is 1.67. The first-order chi connectivity index (χ1) is 14.9. The van der Waals surface area contributed by atoms with Crippen LogP contribution in [0.15, 0.2) is 84.9 Å². The van der Waals surface area contributed by atoms with Crippen LogP contribution in [-0.2, 0) is 9.59 Å². The van der Waals surface area contributed by atoms with Crippen LogP contribution in [0.4, 0.5) is 5.69 Å². The second kappa shape index (κ2) is 10.5. The Labute approximate surface area is 184 Å². The van der Waals surface area contributed by atoms with Gasteiger partial charge in [0.25, 0.3) is 5.91 Å². The van der Waals surface area contributed by atoms with Crippen molar-refractivity contribution in [2.24, 2.45) is 0 Å². The molecule has 160 valence electrons. The second-order valence-electron chi connectivity index (χ2n) is 7.89. The van der Waals surface area contributed by atoms with Crippen molar-refractivity contribution in [3.8, 4) is 0 Å². The van der Waals surface area contributed by atoms with E-state index >= 15 is 0 Å². The SMILES string of the molecule is Cc1ccc(NC(=O)CN(C)C(=O)[C@H](C)[NH2+]C(c2ccccc2)c2ccccc2)cc1. The molecule has 5 nitrogen and oxygen atoms in total. The Kier molecular flexibility index (Phi) is 7.57. The minimum absolute atomic E-state index is 0.00358. The van der Waals surface area contributed by atoms with Crippen LogP contribution in [-0.4, -0.2) is 36.3 Å². The molecule has 0 radical (unpaired) electrons. The Morgan fingerprint density at radius 1 is 0.871 bits per heavy atom. The normalized spacial score (nSPS) is 11.7. The summed E-state index contributed by atoms with van der Waals surface area (Å²) >= 11 is 0. The van der Waals surface area contributed by atoms with Crippen LogP contribution < -0.4 is 10.6 Å². The van der Waals surface area contributed by atoms with Gasteiger partial charge in [-0.05, 0) is 26.0 Å². The summed E-state index contributed by atoms with van der Waals surface area (Å²) in [6.45, 7) is 3.88. The molecular weight excluding hydrogens is 386 g/mol. The van der Waals surface area contributed by atoms with E-state index in [0.717, 1.165) is 22.4 Å². The Hall–Kier alpha value is -3.44. The number of nitrogens with one attached hydrogen (secondary N) is 1. The number of hydrogen-bond donors (Lipinski definition) is 2. The summed E-state index contributed by atoms with van der Waals surface area (Å²) in [5.41, 5.74) is 4.12. The molecule has 3 rings (SSSR count). The van der Waals surface area contributed by atoms with Crippen molar-refractivity contribution in [2.75, 3.05) is 18.9 Å². The van der Waals surface area contributed by atoms with Gasteiger partial charge in [-0.15, -0.1) is 0 Å². The van der Waals surface area contributed by atoms with E-state index in [1.807, 2.05) is 74.5 Å². The average molecular weight is 417 g/mol. The number of amides is 2. The first kappa shape index (κ1) is 22.2. The van der Waals surface area contributed by atoms with Crippen molar-refractivity contribution in [1.29, 1.82) is 0 Å². The van der Waals surface area contributed by atoms with Gasteiger partial charge in [-0.1, -0.05) is 78.4 Å². The summed E-state index contributed by atoms with van der Waals surface area (Å²) in [4.78, 5) is 26.9. The molecule has 0 unspecified atom stereocenters. The molecule has 2 amide bonds. The first-order valence-corrected chi connectivity index (χ1v) is 10.5. The number of rotatable bonds is 8. The number of nitrogens with two attached hydrogens (primary N) is 1. The highest BCUT2D eigenvalue weighted by molar-refractivity contribution is 5.94. The van der Waals surface area contributed by atoms with Crippen LogP contribution in [0.3, 0.4) is 0 Å². The Morgan fingerprint density at radius 2 is 1.39 bits per heavy atom. The highest BCUT2D eigenvalue weighted by Gasteiger charge is 2.27. The third kappa shape index (κ3) is 6.27. The van der Waals surface area contributed by atoms with Crippen molar-refractivity contribution in [1.82, 2.24) is 4.90 Å². The van der Waals surface area contributed by atoms with Crippen molar-refractivity contribution in [2.45, 2.75) is 25.9 Å². The quantitative estimate of drug-likeness (QED) is 0.593. The number of anilines is 1. The van der Waals surface area contributed by atoms with Crippen molar-refractivity contribution < 1.29 is 14.9 Å². The number of nitrogens with zero attached hydrogens (tertiary/aromatic N) is 1. The largest absolute Gasteiger partial charge is 0.331 e. The van der Waals surface area contributed by atoms with Gasteiger partial charge in [0.15, 0.2) is 6.04 Å². The van der Waals surface area contributed by atoms with Gasteiger partial charge in [0.2, 0.25) is 5.91 Å². The predicted molar refractivity (Wildman–Crippen MR) is 124 cm³/mol. The summed E-state index contributed by atoms with van der Waals surface area (Å²) in [6, 6.07) is 27.5. The first-order valence-electron chi connectivity index (χ1n) is 10.5. The van der Waals surface area contributed by atoms with Gasteiger partial charge in [-0.3, -0.25) is 9.59 Å². The molecule has 3 N–H and O–H groups in total. The van der Waals surface area contributed by atoms with Crippen LogP contribution in [0.1, 0.15) is 29.7 Å². The zero-order valence-electron chi connectivity index (χ0n) is 18.3. The number of aryl methyl sites for hydroxylation is 1. The fourth-order valence-corrected chi connectivity index (χ4v) is 3.58. The molecule has 0 aliphatic carbocycles. The molecular formula is C26H30N3O2+. The van der Waals surface area contributed by atoms with Crippen LogP contribution >= 0.6 is 0 Å². The predicted octanol–water partition coefficient (Wildman–Crippen LogP) is 3.13. The van der Waals surface area contributed by atoms with Gasteiger partial charge in [-0.2, -0.15) is 0 Å². The summed E-state index contributed by atoms with van der Waals surface area (Å²) in [5, 5.41) is 4.90. The van der Waals surface area contributed by atoms with Crippen molar-refractivity contribution in [3.63, 3.8) is 0 Å². The van der Waals surface area contributed by atoms with Gasteiger partial charge in [-0.25, -0.2) is 0 Å². The highest BCUT2D eigenvalue weighted by Crippen LogP contribution is 2.18. The average Bonchev–Trinajstić information content (AvgIpc) is 2.79. The monoisotopic (exact) mass is 416 g/mol. The van der Waals surface area contributed by atoms with Gasteiger partial charge in [0, 0.05) is 23.9 Å². The lowest BCUT2D eigenvalue weighted by molar-refractivity contribution is -0.705. The molecule has 0 aliphatic heterocycles. The van der Waals surface area contributed by atoms with Crippen molar-refractivity contribution >= 4 is 17.5 Å². The van der Waals surface area contributed by atoms with Crippen LogP contribution in [0.25, 0.3) is 0 Å². The zero-order valence-corrected chi connectivity index (χ0v) is 18.3. The third-order valence-corrected chi connectivity index (χ3v) is 5.28. The fourth-order valence-electron chi connectivity index (χ4n) is 3.58. The van der Waals surface area contributed by atoms with E-state index in [1.54, 1.807) is 7.05 Å². The maximum Gasteiger partial charge on any atom is 0.280 e. The smallest absolute Gasteiger partial charge is 0.280 e. The minimum atomic E-state index is -0.345. The van der Waals surface area contributed by atoms with E-state index in [0.29, 0.717) is 0 Å². The lowest BCUT2D eigenvalue weighted by Gasteiger charge is -2.24. The Bertz CT molecular complexity index is 949. The van der Waals surface area contributed by atoms with E-state index < -0.39 is 0 Å². The van der Waals surface area contributed by atoms with Gasteiger partial charge in [0.05, 0.1) is 6.54 Å². The van der Waals surface area contributed by atoms with Gasteiger partial charge < -0.3 is 15.5 Å². The zero-order chi connectivity index (χ0) is 22.2. The molecule has 1 atom stereocenters. The fraction of sp³-hybridized carbons (Fsp3) is 0.231. The van der Waals surface area contributed by atoms with Gasteiger partial charge in [0.1, 0.15) is 6.04 Å². The highest BCUT2D eigenvalue weighted by atomic mass is 16.2. The maximum atomic E-state index is 13.0. The maximum absolute atomic E-state index is 13.0. The lowest BCUT2D eigenvalue weighted by Crippen LogP contribution is -2.92. The number of carbonyl (C=O) groups is 2. The van der Waals surface area contributed by atoms with Gasteiger partial charge >= 0.3 is 0 Å². The summed E-state index contributed by atoms with van der Waals surface area (Å²) < 4.78 is 0. The Balaban J connectivity index is 1.64. The molecule has 3 aromatic carbocycles. The van der Waals surface area contributed by atoms with E-state index in [-0.39, 0.29) is 30.4 Å². The standard InChI is InChI=1S/C26H29N3O2/c1-19-14-16-23(17-15-19)28-24(30)18-29(3)26(31)20(2)27-25(21-10-6-4-7-11-21)22-12-8-5-9-13-22/h4-17,20,25,27H,18H2,1-3H3,(H,28,30)/p+1/t20-/m0/s1. The lowest BCUT2D eigenvalue weighted by atomic mass is 9.98. The molecule has 0 spiro atoms. The molecule has 0 aliphatic rings. The van der Waals surface area contributed by atoms with Crippen LogP contribution in [0, 0.1) is 6.92 Å². The third-order valence-electron chi connectivity index (χ3n) is 5.28. The molecule has 0 heterocycles. The molecule has 0 saturated heterocycles. The summed E-state index contributed by atoms with van der Waals surface area (Å²) in [6.07, 6.45) is 0. The molecule has 0 saturated carbocycles.